The highest BCUT2D eigenvalue weighted by molar-refractivity contribution is 7.92. The molecule has 2 N–H and O–H groups in total. The predicted molar refractivity (Wildman–Crippen MR) is 123 cm³/mol. The van der Waals surface area contributed by atoms with E-state index in [2.05, 4.69) is 10.0 Å². The van der Waals surface area contributed by atoms with Crippen LogP contribution in [0.25, 0.3) is 10.2 Å². The summed E-state index contributed by atoms with van der Waals surface area (Å²) in [5.74, 6) is -0.208. The SMILES string of the molecule is CC(=O)Nc1ccc(NS(=O)(=O)c2ccc3c(c2)sc(=O)n3Cc2ccccc2)cc1. The van der Waals surface area contributed by atoms with Crippen LogP contribution in [0.1, 0.15) is 12.5 Å². The molecule has 0 saturated carbocycles. The Kier molecular flexibility index (Phi) is 5.62. The molecule has 0 radical (unpaired) electrons. The Bertz CT molecular complexity index is 1410. The number of anilines is 2. The second kappa shape index (κ2) is 8.37. The van der Waals surface area contributed by atoms with Gasteiger partial charge in [0.05, 0.1) is 21.7 Å². The minimum absolute atomic E-state index is 0.0686. The minimum atomic E-state index is -3.85. The summed E-state index contributed by atoms with van der Waals surface area (Å²) in [5.41, 5.74) is 2.62. The van der Waals surface area contributed by atoms with Crippen molar-refractivity contribution in [3.8, 4) is 0 Å². The van der Waals surface area contributed by atoms with Crippen molar-refractivity contribution in [2.24, 2.45) is 0 Å². The molecule has 0 saturated heterocycles. The first-order valence-electron chi connectivity index (χ1n) is 9.40. The molecule has 0 fully saturated rings. The molecule has 9 heteroatoms. The summed E-state index contributed by atoms with van der Waals surface area (Å²) in [6.45, 7) is 1.82. The van der Waals surface area contributed by atoms with Crippen LogP contribution in [0.4, 0.5) is 11.4 Å². The van der Waals surface area contributed by atoms with Crippen molar-refractivity contribution in [1.29, 1.82) is 0 Å². The predicted octanol–water partition coefficient (Wildman–Crippen LogP) is 3.87. The van der Waals surface area contributed by atoms with E-state index < -0.39 is 10.0 Å². The number of nitrogens with one attached hydrogen (secondary N) is 2. The van der Waals surface area contributed by atoms with E-state index in [9.17, 15) is 18.0 Å². The van der Waals surface area contributed by atoms with Crippen molar-refractivity contribution in [2.75, 3.05) is 10.0 Å². The fourth-order valence-corrected chi connectivity index (χ4v) is 5.26. The maximum Gasteiger partial charge on any atom is 0.308 e. The van der Waals surface area contributed by atoms with Crippen LogP contribution >= 0.6 is 11.3 Å². The molecule has 0 unspecified atom stereocenters. The van der Waals surface area contributed by atoms with Crippen LogP contribution in [0.2, 0.25) is 0 Å². The summed E-state index contributed by atoms with van der Waals surface area (Å²) < 4.78 is 30.4. The molecular weight excluding hydrogens is 434 g/mol. The van der Waals surface area contributed by atoms with Crippen LogP contribution in [0.3, 0.4) is 0 Å². The van der Waals surface area contributed by atoms with Gasteiger partial charge < -0.3 is 5.32 Å². The Balaban J connectivity index is 1.60. The van der Waals surface area contributed by atoms with Gasteiger partial charge in [0.25, 0.3) is 10.0 Å². The molecule has 7 nitrogen and oxygen atoms in total. The quantitative estimate of drug-likeness (QED) is 0.463. The molecule has 31 heavy (non-hydrogen) atoms. The second-order valence-electron chi connectivity index (χ2n) is 6.93. The summed E-state index contributed by atoms with van der Waals surface area (Å²) in [6, 6.07) is 20.6. The Morgan fingerprint density at radius 1 is 0.968 bits per heavy atom. The Morgan fingerprint density at radius 3 is 2.32 bits per heavy atom. The molecule has 1 aromatic heterocycles. The Labute approximate surface area is 183 Å². The molecule has 3 aromatic carbocycles. The fraction of sp³-hybridized carbons (Fsp3) is 0.0909. The third kappa shape index (κ3) is 4.68. The molecule has 0 atom stereocenters. The number of sulfonamides is 1. The van der Waals surface area contributed by atoms with Gasteiger partial charge >= 0.3 is 4.87 Å². The number of nitrogens with zero attached hydrogens (tertiary/aromatic N) is 1. The van der Waals surface area contributed by atoms with Crippen molar-refractivity contribution < 1.29 is 13.2 Å². The lowest BCUT2D eigenvalue weighted by Gasteiger charge is -2.10. The lowest BCUT2D eigenvalue weighted by Crippen LogP contribution is -2.14. The largest absolute Gasteiger partial charge is 0.326 e. The van der Waals surface area contributed by atoms with Crippen molar-refractivity contribution in [2.45, 2.75) is 18.4 Å². The first kappa shape index (κ1) is 20.8. The van der Waals surface area contributed by atoms with E-state index in [4.69, 9.17) is 0 Å². The van der Waals surface area contributed by atoms with Crippen LogP contribution in [0.5, 0.6) is 0 Å². The van der Waals surface area contributed by atoms with Gasteiger partial charge in [0.15, 0.2) is 0 Å². The number of hydrogen-bond donors (Lipinski definition) is 2. The number of carbonyl (C=O) groups excluding carboxylic acids is 1. The van der Waals surface area contributed by atoms with Crippen molar-refractivity contribution in [1.82, 2.24) is 4.57 Å². The van der Waals surface area contributed by atoms with Gasteiger partial charge in [-0.3, -0.25) is 18.9 Å². The first-order chi connectivity index (χ1) is 14.8. The summed E-state index contributed by atoms with van der Waals surface area (Å²) in [7, 11) is -3.85. The molecule has 158 valence electrons. The maximum absolute atomic E-state index is 12.8. The van der Waals surface area contributed by atoms with E-state index in [1.807, 2.05) is 30.3 Å². The summed E-state index contributed by atoms with van der Waals surface area (Å²) >= 11 is 1.02. The van der Waals surface area contributed by atoms with Crippen molar-refractivity contribution in [3.05, 3.63) is 88.0 Å². The van der Waals surface area contributed by atoms with Gasteiger partial charge in [-0.2, -0.15) is 0 Å². The number of carbonyl (C=O) groups is 1. The molecule has 0 spiro atoms. The minimum Gasteiger partial charge on any atom is -0.326 e. The number of amides is 1. The van der Waals surface area contributed by atoms with E-state index in [0.29, 0.717) is 28.1 Å². The second-order valence-corrected chi connectivity index (χ2v) is 9.61. The molecule has 1 heterocycles. The van der Waals surface area contributed by atoms with Crippen LogP contribution in [-0.2, 0) is 21.4 Å². The molecular formula is C22H19N3O4S2. The lowest BCUT2D eigenvalue weighted by atomic mass is 10.2. The molecule has 4 rings (SSSR count). The van der Waals surface area contributed by atoms with Gasteiger partial charge in [0, 0.05) is 18.3 Å². The Morgan fingerprint density at radius 2 is 1.65 bits per heavy atom. The first-order valence-corrected chi connectivity index (χ1v) is 11.7. The molecule has 0 bridgehead atoms. The van der Waals surface area contributed by atoms with E-state index in [1.54, 1.807) is 34.9 Å². The molecule has 0 aliphatic rings. The Hall–Kier alpha value is -3.43. The summed E-state index contributed by atoms with van der Waals surface area (Å²) in [4.78, 5) is 23.5. The van der Waals surface area contributed by atoms with Gasteiger partial charge in [-0.1, -0.05) is 41.7 Å². The number of benzene rings is 3. The molecule has 1 amide bonds. The monoisotopic (exact) mass is 453 g/mol. The topological polar surface area (TPSA) is 97.3 Å². The zero-order valence-electron chi connectivity index (χ0n) is 16.5. The smallest absolute Gasteiger partial charge is 0.308 e. The number of aromatic nitrogens is 1. The molecule has 4 aromatic rings. The van der Waals surface area contributed by atoms with E-state index in [-0.39, 0.29) is 15.7 Å². The number of rotatable bonds is 6. The maximum atomic E-state index is 12.8. The number of hydrogen-bond acceptors (Lipinski definition) is 5. The highest BCUT2D eigenvalue weighted by Gasteiger charge is 2.17. The molecule has 0 aliphatic heterocycles. The van der Waals surface area contributed by atoms with Gasteiger partial charge in [0.2, 0.25) is 5.91 Å². The van der Waals surface area contributed by atoms with Crippen LogP contribution < -0.4 is 14.9 Å². The van der Waals surface area contributed by atoms with Crippen LogP contribution in [0.15, 0.2) is 82.5 Å². The third-order valence-electron chi connectivity index (χ3n) is 4.59. The van der Waals surface area contributed by atoms with Gasteiger partial charge in [-0.15, -0.1) is 0 Å². The third-order valence-corrected chi connectivity index (χ3v) is 6.91. The zero-order chi connectivity index (χ0) is 22.0. The van der Waals surface area contributed by atoms with Crippen molar-refractivity contribution >= 4 is 48.9 Å². The standard InChI is InChI=1S/C22H19N3O4S2/c1-15(26)23-17-7-9-18(10-8-17)24-31(28,29)19-11-12-20-21(13-19)30-22(27)25(20)14-16-5-3-2-4-6-16/h2-13,24H,14H2,1H3,(H,23,26). The van der Waals surface area contributed by atoms with E-state index >= 15 is 0 Å². The zero-order valence-corrected chi connectivity index (χ0v) is 18.2. The van der Waals surface area contributed by atoms with Crippen LogP contribution in [-0.4, -0.2) is 18.9 Å². The lowest BCUT2D eigenvalue weighted by molar-refractivity contribution is -0.114. The highest BCUT2D eigenvalue weighted by Crippen LogP contribution is 2.24. The van der Waals surface area contributed by atoms with Gasteiger partial charge in [-0.25, -0.2) is 8.42 Å². The molecule has 0 aliphatic carbocycles. The average molecular weight is 454 g/mol. The van der Waals surface area contributed by atoms with Gasteiger partial charge in [0.1, 0.15) is 0 Å². The fourth-order valence-electron chi connectivity index (χ4n) is 3.17. The normalized spacial score (nSPS) is 11.4. The summed E-state index contributed by atoms with van der Waals surface area (Å²) in [6.07, 6.45) is 0. The summed E-state index contributed by atoms with van der Waals surface area (Å²) in [5, 5.41) is 2.62. The van der Waals surface area contributed by atoms with Crippen LogP contribution in [0, 0.1) is 0 Å². The van der Waals surface area contributed by atoms with E-state index in [1.165, 1.54) is 19.1 Å². The number of fused-ring (bicyclic) bond motifs is 1. The van der Waals surface area contributed by atoms with E-state index in [0.717, 1.165) is 16.9 Å². The number of thiazole rings is 1. The average Bonchev–Trinajstić information content (AvgIpc) is 3.04. The van der Waals surface area contributed by atoms with Crippen molar-refractivity contribution in [3.63, 3.8) is 0 Å². The highest BCUT2D eigenvalue weighted by atomic mass is 32.2. The van der Waals surface area contributed by atoms with Gasteiger partial charge in [-0.05, 0) is 48.0 Å².